The summed E-state index contributed by atoms with van der Waals surface area (Å²) in [5, 5.41) is 12.0. The number of imidazole rings is 1. The molecule has 2 aromatic heterocycles. The minimum atomic E-state index is 0.0686. The molecule has 0 aliphatic rings. The Morgan fingerprint density at radius 2 is 2.05 bits per heavy atom. The molecule has 0 fully saturated rings. The number of aryl methyl sites for hydroxylation is 3. The second-order valence-corrected chi connectivity index (χ2v) is 4.80. The summed E-state index contributed by atoms with van der Waals surface area (Å²) in [7, 11) is 0. The van der Waals surface area contributed by atoms with E-state index in [1.165, 1.54) is 5.56 Å². The van der Waals surface area contributed by atoms with E-state index in [0.717, 1.165) is 36.7 Å². The highest BCUT2D eigenvalue weighted by Crippen LogP contribution is 2.24. The van der Waals surface area contributed by atoms with Crippen LogP contribution in [0.15, 0.2) is 18.5 Å². The normalized spacial score (nSPS) is 12.6. The minimum absolute atomic E-state index is 0.0686. The Kier molecular flexibility index (Phi) is 4.84. The van der Waals surface area contributed by atoms with Gasteiger partial charge in [0, 0.05) is 24.5 Å². The molecule has 5 nitrogen and oxygen atoms in total. The molecule has 0 aliphatic carbocycles. The summed E-state index contributed by atoms with van der Waals surface area (Å²) in [6.45, 7) is 10.1. The van der Waals surface area contributed by atoms with Gasteiger partial charge in [-0.1, -0.05) is 13.8 Å². The molecule has 108 valence electrons. The van der Waals surface area contributed by atoms with E-state index >= 15 is 0 Å². The van der Waals surface area contributed by atoms with E-state index in [9.17, 15) is 0 Å². The lowest BCUT2D eigenvalue weighted by Gasteiger charge is -2.21. The molecule has 0 aliphatic heterocycles. The van der Waals surface area contributed by atoms with Crippen molar-refractivity contribution in [3.05, 3.63) is 41.2 Å². The fourth-order valence-corrected chi connectivity index (χ4v) is 2.45. The smallest absolute Gasteiger partial charge is 0.130 e. The molecule has 20 heavy (non-hydrogen) atoms. The van der Waals surface area contributed by atoms with Crippen LogP contribution in [-0.4, -0.2) is 26.3 Å². The van der Waals surface area contributed by atoms with E-state index in [1.807, 2.05) is 19.3 Å². The van der Waals surface area contributed by atoms with Crippen LogP contribution >= 0.6 is 0 Å². The first-order valence-electron chi connectivity index (χ1n) is 7.28. The van der Waals surface area contributed by atoms with Gasteiger partial charge in [0.2, 0.25) is 0 Å². The van der Waals surface area contributed by atoms with Crippen molar-refractivity contribution in [2.75, 3.05) is 6.54 Å². The Morgan fingerprint density at radius 3 is 2.70 bits per heavy atom. The van der Waals surface area contributed by atoms with Gasteiger partial charge < -0.3 is 9.88 Å². The van der Waals surface area contributed by atoms with Gasteiger partial charge in [-0.25, -0.2) is 4.98 Å². The highest BCUT2D eigenvalue weighted by Gasteiger charge is 2.21. The van der Waals surface area contributed by atoms with Crippen molar-refractivity contribution in [2.24, 2.45) is 0 Å². The van der Waals surface area contributed by atoms with Gasteiger partial charge in [0.15, 0.2) is 0 Å². The Labute approximate surface area is 120 Å². The maximum atomic E-state index is 4.54. The third-order valence-electron chi connectivity index (χ3n) is 3.43. The first kappa shape index (κ1) is 14.7. The van der Waals surface area contributed by atoms with Gasteiger partial charge in [-0.15, -0.1) is 0 Å². The van der Waals surface area contributed by atoms with E-state index in [0.29, 0.717) is 0 Å². The molecule has 0 spiro atoms. The quantitative estimate of drug-likeness (QED) is 0.877. The summed E-state index contributed by atoms with van der Waals surface area (Å²) in [4.78, 5) is 4.54. The van der Waals surface area contributed by atoms with Crippen LogP contribution in [-0.2, 0) is 13.0 Å². The van der Waals surface area contributed by atoms with E-state index in [-0.39, 0.29) is 6.04 Å². The first-order valence-corrected chi connectivity index (χ1v) is 7.28. The van der Waals surface area contributed by atoms with Crippen LogP contribution in [0.3, 0.4) is 0 Å². The SMILES string of the molecule is CCNC(c1cc(C)nnc1CC)c1nccn1CC. The van der Waals surface area contributed by atoms with E-state index in [1.54, 1.807) is 0 Å². The van der Waals surface area contributed by atoms with Crippen LogP contribution in [0.5, 0.6) is 0 Å². The Morgan fingerprint density at radius 1 is 1.25 bits per heavy atom. The Hall–Kier alpha value is -1.75. The third-order valence-corrected chi connectivity index (χ3v) is 3.43. The van der Waals surface area contributed by atoms with Crippen molar-refractivity contribution in [3.63, 3.8) is 0 Å². The lowest BCUT2D eigenvalue weighted by Crippen LogP contribution is -2.27. The number of hydrogen-bond acceptors (Lipinski definition) is 4. The molecule has 0 bridgehead atoms. The lowest BCUT2D eigenvalue weighted by atomic mass is 10.0. The molecule has 0 saturated carbocycles. The average molecular weight is 273 g/mol. The summed E-state index contributed by atoms with van der Waals surface area (Å²) in [5.41, 5.74) is 3.16. The van der Waals surface area contributed by atoms with Crippen molar-refractivity contribution >= 4 is 0 Å². The zero-order valence-electron chi connectivity index (χ0n) is 12.7. The van der Waals surface area contributed by atoms with Crippen LogP contribution in [0.4, 0.5) is 0 Å². The second-order valence-electron chi connectivity index (χ2n) is 4.80. The first-order chi connectivity index (χ1) is 9.71. The molecule has 2 rings (SSSR count). The second kappa shape index (κ2) is 6.61. The van der Waals surface area contributed by atoms with Gasteiger partial charge in [0.05, 0.1) is 17.4 Å². The molecule has 1 unspecified atom stereocenters. The average Bonchev–Trinajstić information content (AvgIpc) is 2.93. The van der Waals surface area contributed by atoms with E-state index in [2.05, 4.69) is 51.9 Å². The van der Waals surface area contributed by atoms with Gasteiger partial charge in [-0.05, 0) is 32.9 Å². The van der Waals surface area contributed by atoms with E-state index < -0.39 is 0 Å². The van der Waals surface area contributed by atoms with Crippen molar-refractivity contribution < 1.29 is 0 Å². The maximum absolute atomic E-state index is 4.54. The molecule has 0 saturated heterocycles. The minimum Gasteiger partial charge on any atom is -0.334 e. The third kappa shape index (κ3) is 2.88. The summed E-state index contributed by atoms with van der Waals surface area (Å²) in [5.74, 6) is 1.04. The molecule has 2 aromatic rings. The number of hydrogen-bond donors (Lipinski definition) is 1. The van der Waals surface area contributed by atoms with Crippen LogP contribution in [0, 0.1) is 6.92 Å². The van der Waals surface area contributed by atoms with Crippen molar-refractivity contribution in [3.8, 4) is 0 Å². The zero-order valence-corrected chi connectivity index (χ0v) is 12.7. The maximum Gasteiger partial charge on any atom is 0.130 e. The molecule has 1 N–H and O–H groups in total. The van der Waals surface area contributed by atoms with Crippen LogP contribution < -0.4 is 5.32 Å². The number of aromatic nitrogens is 4. The highest BCUT2D eigenvalue weighted by atomic mass is 15.1. The molecule has 2 heterocycles. The van der Waals surface area contributed by atoms with Gasteiger partial charge in [0.25, 0.3) is 0 Å². The monoisotopic (exact) mass is 273 g/mol. The number of rotatable bonds is 6. The van der Waals surface area contributed by atoms with Crippen molar-refractivity contribution in [1.82, 2.24) is 25.1 Å². The highest BCUT2D eigenvalue weighted by molar-refractivity contribution is 5.30. The van der Waals surface area contributed by atoms with Crippen molar-refractivity contribution in [1.29, 1.82) is 0 Å². The van der Waals surface area contributed by atoms with Gasteiger partial charge in [-0.2, -0.15) is 10.2 Å². The summed E-state index contributed by atoms with van der Waals surface area (Å²) >= 11 is 0. The predicted octanol–water partition coefficient (Wildman–Crippen LogP) is 2.26. The van der Waals surface area contributed by atoms with Crippen molar-refractivity contribution in [2.45, 2.75) is 46.7 Å². The fraction of sp³-hybridized carbons (Fsp3) is 0.533. The molecular formula is C15H23N5. The molecule has 0 radical (unpaired) electrons. The molecule has 0 amide bonds. The Bertz CT molecular complexity index is 561. The molecular weight excluding hydrogens is 250 g/mol. The molecule has 5 heteroatoms. The predicted molar refractivity (Wildman–Crippen MR) is 79.6 cm³/mol. The summed E-state index contributed by atoms with van der Waals surface area (Å²) < 4.78 is 2.17. The Balaban J connectivity index is 2.50. The van der Waals surface area contributed by atoms with Crippen LogP contribution in [0.2, 0.25) is 0 Å². The van der Waals surface area contributed by atoms with Gasteiger partial charge >= 0.3 is 0 Å². The fourth-order valence-electron chi connectivity index (χ4n) is 2.45. The zero-order chi connectivity index (χ0) is 14.5. The van der Waals surface area contributed by atoms with Crippen LogP contribution in [0.1, 0.15) is 49.6 Å². The number of nitrogens with one attached hydrogen (secondary N) is 1. The van der Waals surface area contributed by atoms with E-state index in [4.69, 9.17) is 0 Å². The molecule has 0 aromatic carbocycles. The largest absolute Gasteiger partial charge is 0.334 e. The van der Waals surface area contributed by atoms with Crippen LogP contribution in [0.25, 0.3) is 0 Å². The van der Waals surface area contributed by atoms with Gasteiger partial charge in [0.1, 0.15) is 5.82 Å². The van der Waals surface area contributed by atoms with Gasteiger partial charge in [-0.3, -0.25) is 0 Å². The standard InChI is InChI=1S/C15H23N5/c1-5-13-12(10-11(4)18-19-13)14(16-6-2)15-17-8-9-20(15)7-3/h8-10,14,16H,5-7H2,1-4H3. The summed E-state index contributed by atoms with van der Waals surface area (Å²) in [6, 6.07) is 2.19. The summed E-state index contributed by atoms with van der Waals surface area (Å²) in [6.07, 6.45) is 4.75. The molecule has 1 atom stereocenters. The topological polar surface area (TPSA) is 55.6 Å². The lowest BCUT2D eigenvalue weighted by molar-refractivity contribution is 0.551. The number of nitrogens with zero attached hydrogens (tertiary/aromatic N) is 4.